The lowest BCUT2D eigenvalue weighted by molar-refractivity contribution is 0.0557. The molecule has 0 spiro atoms. The van der Waals surface area contributed by atoms with Gasteiger partial charge in [-0.1, -0.05) is 6.07 Å². The van der Waals surface area contributed by atoms with Crippen LogP contribution in [0.5, 0.6) is 0 Å². The van der Waals surface area contributed by atoms with Crippen molar-refractivity contribution in [2.75, 3.05) is 14.2 Å². The second kappa shape index (κ2) is 5.05. The molecule has 0 aliphatic carbocycles. The minimum atomic E-state index is -0.747. The predicted octanol–water partition coefficient (Wildman–Crippen LogP) is 1.69. The van der Waals surface area contributed by atoms with Gasteiger partial charge in [0.05, 0.1) is 19.7 Å². The summed E-state index contributed by atoms with van der Waals surface area (Å²) in [6.45, 7) is 1.84. The Hall–Kier alpha value is -2.81. The Kier molecular flexibility index (Phi) is 3.44. The summed E-state index contributed by atoms with van der Waals surface area (Å²) in [6.07, 6.45) is 1.67. The first kappa shape index (κ1) is 13.6. The van der Waals surface area contributed by atoms with E-state index in [-0.39, 0.29) is 16.8 Å². The zero-order valence-corrected chi connectivity index (χ0v) is 11.3. The van der Waals surface area contributed by atoms with E-state index in [0.717, 1.165) is 5.56 Å². The van der Waals surface area contributed by atoms with Crippen molar-refractivity contribution >= 4 is 17.5 Å². The molecule has 0 fully saturated rings. The molecule has 0 aliphatic heterocycles. The van der Waals surface area contributed by atoms with E-state index in [2.05, 4.69) is 4.74 Å². The lowest BCUT2D eigenvalue weighted by atomic mass is 10.1. The maximum absolute atomic E-state index is 11.9. The number of carbonyl (C=O) groups is 2. The van der Waals surface area contributed by atoms with Crippen molar-refractivity contribution in [2.45, 2.75) is 6.92 Å². The van der Waals surface area contributed by atoms with Gasteiger partial charge >= 0.3 is 11.9 Å². The van der Waals surface area contributed by atoms with Crippen LogP contribution >= 0.6 is 0 Å². The normalized spacial score (nSPS) is 10.1. The van der Waals surface area contributed by atoms with E-state index in [9.17, 15) is 14.9 Å². The fraction of sp³-hybridized carbons (Fsp3) is 0.214. The molecule has 0 radical (unpaired) electrons. The van der Waals surface area contributed by atoms with E-state index in [0.29, 0.717) is 5.52 Å². The van der Waals surface area contributed by atoms with Crippen LogP contribution in [0.4, 0.5) is 0 Å². The molecule has 20 heavy (non-hydrogen) atoms. The van der Waals surface area contributed by atoms with Gasteiger partial charge in [0.15, 0.2) is 0 Å². The highest BCUT2D eigenvalue weighted by atomic mass is 16.5. The third kappa shape index (κ3) is 1.89. The summed E-state index contributed by atoms with van der Waals surface area (Å²) >= 11 is 0. The number of esters is 2. The van der Waals surface area contributed by atoms with Gasteiger partial charge in [0.25, 0.3) is 0 Å². The van der Waals surface area contributed by atoms with Crippen LogP contribution in [0.1, 0.15) is 32.0 Å². The van der Waals surface area contributed by atoms with E-state index in [4.69, 9.17) is 4.74 Å². The Morgan fingerprint density at radius 2 is 1.75 bits per heavy atom. The molecule has 2 rings (SSSR count). The molecule has 6 heteroatoms. The smallest absolute Gasteiger partial charge is 0.341 e. The Balaban J connectivity index is 2.96. The van der Waals surface area contributed by atoms with Crippen LogP contribution in [0.15, 0.2) is 18.3 Å². The average Bonchev–Trinajstić information content (AvgIpc) is 2.78. The second-order valence-corrected chi connectivity index (χ2v) is 4.16. The maximum Gasteiger partial charge on any atom is 0.341 e. The van der Waals surface area contributed by atoms with Gasteiger partial charge in [-0.3, -0.25) is 0 Å². The van der Waals surface area contributed by atoms with Crippen molar-refractivity contribution in [3.8, 4) is 6.07 Å². The summed E-state index contributed by atoms with van der Waals surface area (Å²) in [6, 6.07) is 5.38. The number of nitriles is 1. The highest BCUT2D eigenvalue weighted by molar-refractivity contribution is 6.10. The number of rotatable bonds is 2. The van der Waals surface area contributed by atoms with Gasteiger partial charge in [-0.15, -0.1) is 0 Å². The number of methoxy groups -OCH3 is 2. The fourth-order valence-electron chi connectivity index (χ4n) is 2.08. The number of pyridine rings is 1. The van der Waals surface area contributed by atoms with Crippen LogP contribution < -0.4 is 0 Å². The SMILES string of the molecule is COC(=O)c1c(C(=O)OC)c2ccc(C)cn2c1C#N. The van der Waals surface area contributed by atoms with E-state index >= 15 is 0 Å². The first-order valence-corrected chi connectivity index (χ1v) is 5.76. The van der Waals surface area contributed by atoms with E-state index in [1.54, 1.807) is 18.3 Å². The van der Waals surface area contributed by atoms with Crippen molar-refractivity contribution in [1.29, 1.82) is 5.26 Å². The van der Waals surface area contributed by atoms with E-state index < -0.39 is 11.9 Å². The number of nitrogens with zero attached hydrogens (tertiary/aromatic N) is 2. The molecule has 2 aromatic rings. The van der Waals surface area contributed by atoms with Gasteiger partial charge < -0.3 is 13.9 Å². The Bertz CT molecular complexity index is 753. The molecule has 0 saturated carbocycles. The second-order valence-electron chi connectivity index (χ2n) is 4.16. The molecular weight excluding hydrogens is 260 g/mol. The van der Waals surface area contributed by atoms with Crippen LogP contribution in [0.3, 0.4) is 0 Å². The van der Waals surface area contributed by atoms with Gasteiger partial charge in [0, 0.05) is 6.20 Å². The quantitative estimate of drug-likeness (QED) is 0.777. The monoisotopic (exact) mass is 272 g/mol. The average molecular weight is 272 g/mol. The molecule has 0 unspecified atom stereocenters. The number of aryl methyl sites for hydroxylation is 1. The number of ether oxygens (including phenoxy) is 2. The minimum absolute atomic E-state index is 0.0379. The van der Waals surface area contributed by atoms with E-state index in [1.807, 2.05) is 13.0 Å². The molecule has 102 valence electrons. The summed E-state index contributed by atoms with van der Waals surface area (Å²) in [7, 11) is 2.41. The minimum Gasteiger partial charge on any atom is -0.465 e. The summed E-state index contributed by atoms with van der Waals surface area (Å²) in [5.41, 5.74) is 1.33. The summed E-state index contributed by atoms with van der Waals surface area (Å²) < 4.78 is 10.9. The van der Waals surface area contributed by atoms with Crippen LogP contribution in [-0.2, 0) is 9.47 Å². The van der Waals surface area contributed by atoms with Crippen molar-refractivity contribution in [3.05, 3.63) is 40.7 Å². The van der Waals surface area contributed by atoms with Crippen LogP contribution in [-0.4, -0.2) is 30.6 Å². The Morgan fingerprint density at radius 1 is 1.15 bits per heavy atom. The van der Waals surface area contributed by atoms with Gasteiger partial charge in [0.1, 0.15) is 22.9 Å². The van der Waals surface area contributed by atoms with Crippen molar-refractivity contribution < 1.29 is 19.1 Å². The lowest BCUT2D eigenvalue weighted by Crippen LogP contribution is -2.10. The third-order valence-electron chi connectivity index (χ3n) is 2.97. The third-order valence-corrected chi connectivity index (χ3v) is 2.97. The molecule has 6 nitrogen and oxygen atoms in total. The van der Waals surface area contributed by atoms with Crippen molar-refractivity contribution in [1.82, 2.24) is 4.40 Å². The highest BCUT2D eigenvalue weighted by Gasteiger charge is 2.29. The Labute approximate surface area is 115 Å². The molecule has 0 bridgehead atoms. The molecule has 0 N–H and O–H groups in total. The number of hydrogen-bond donors (Lipinski definition) is 0. The summed E-state index contributed by atoms with van der Waals surface area (Å²) in [5, 5.41) is 9.29. The molecule has 0 saturated heterocycles. The van der Waals surface area contributed by atoms with Gasteiger partial charge in [-0.25, -0.2) is 9.59 Å². The van der Waals surface area contributed by atoms with Gasteiger partial charge in [-0.2, -0.15) is 5.26 Å². The highest BCUT2D eigenvalue weighted by Crippen LogP contribution is 2.25. The van der Waals surface area contributed by atoms with E-state index in [1.165, 1.54) is 18.6 Å². The first-order valence-electron chi connectivity index (χ1n) is 5.76. The summed E-state index contributed by atoms with van der Waals surface area (Å²) in [4.78, 5) is 23.8. The Morgan fingerprint density at radius 3 is 2.30 bits per heavy atom. The topological polar surface area (TPSA) is 80.8 Å². The van der Waals surface area contributed by atoms with Crippen LogP contribution in [0.2, 0.25) is 0 Å². The molecular formula is C14H12N2O4. The molecule has 2 aromatic heterocycles. The first-order chi connectivity index (χ1) is 9.54. The zero-order chi connectivity index (χ0) is 14.9. The van der Waals surface area contributed by atoms with Gasteiger partial charge in [-0.05, 0) is 18.6 Å². The lowest BCUT2D eigenvalue weighted by Gasteiger charge is -2.01. The van der Waals surface area contributed by atoms with Crippen molar-refractivity contribution in [2.24, 2.45) is 0 Å². The number of fused-ring (bicyclic) bond motifs is 1. The maximum atomic E-state index is 11.9. The molecule has 0 aliphatic rings. The zero-order valence-electron chi connectivity index (χ0n) is 11.3. The molecule has 0 atom stereocenters. The molecule has 0 aromatic carbocycles. The van der Waals surface area contributed by atoms with Crippen LogP contribution in [0, 0.1) is 18.3 Å². The predicted molar refractivity (Wildman–Crippen MR) is 69.5 cm³/mol. The van der Waals surface area contributed by atoms with Crippen molar-refractivity contribution in [3.63, 3.8) is 0 Å². The number of carbonyl (C=O) groups excluding carboxylic acids is 2. The molecule has 0 amide bonds. The largest absolute Gasteiger partial charge is 0.465 e. The fourth-order valence-corrected chi connectivity index (χ4v) is 2.08. The van der Waals surface area contributed by atoms with Gasteiger partial charge in [0.2, 0.25) is 0 Å². The molecule has 2 heterocycles. The number of hydrogen-bond acceptors (Lipinski definition) is 5. The standard InChI is InChI=1S/C14H12N2O4/c1-8-4-5-9-11(13(17)19-2)12(14(18)20-3)10(6-15)16(9)7-8/h4-5,7H,1-3H3. The summed E-state index contributed by atoms with van der Waals surface area (Å²) in [5.74, 6) is -1.43. The number of aromatic nitrogens is 1. The van der Waals surface area contributed by atoms with Crippen LogP contribution in [0.25, 0.3) is 5.52 Å².